The van der Waals surface area contributed by atoms with Crippen LogP contribution in [0.2, 0.25) is 0 Å². The van der Waals surface area contributed by atoms with Crippen LogP contribution in [0, 0.1) is 0 Å². The van der Waals surface area contributed by atoms with Gasteiger partial charge < -0.3 is 14.2 Å². The second-order valence-electron chi connectivity index (χ2n) is 23.4. The molecule has 0 spiro atoms. The molecule has 1 unspecified atom stereocenters. The van der Waals surface area contributed by atoms with Crippen molar-refractivity contribution in [3.05, 3.63) is 24.3 Å². The first kappa shape index (κ1) is 73.9. The smallest absolute Gasteiger partial charge is 0.306 e. The predicted octanol–water partition coefficient (Wildman–Crippen LogP) is 23.4. The molecule has 0 bridgehead atoms. The summed E-state index contributed by atoms with van der Waals surface area (Å²) in [4.78, 5) is 38.2. The van der Waals surface area contributed by atoms with Gasteiger partial charge in [0.15, 0.2) is 6.10 Å². The van der Waals surface area contributed by atoms with Gasteiger partial charge in [0.05, 0.1) is 0 Å². The molecule has 0 aromatic rings. The zero-order valence-electron chi connectivity index (χ0n) is 51.6. The number of rotatable bonds is 64. The molecule has 0 heterocycles. The molecule has 6 heteroatoms. The van der Waals surface area contributed by atoms with Gasteiger partial charge in [0.2, 0.25) is 0 Å². The maximum absolute atomic E-state index is 12.9. The molecule has 448 valence electrons. The van der Waals surface area contributed by atoms with E-state index in [1.165, 1.54) is 283 Å². The molecule has 0 aliphatic carbocycles. The molecule has 0 aliphatic heterocycles. The maximum Gasteiger partial charge on any atom is 0.306 e. The Hall–Kier alpha value is -2.11. The molecule has 0 saturated carbocycles. The summed E-state index contributed by atoms with van der Waals surface area (Å²) in [5, 5.41) is 0. The van der Waals surface area contributed by atoms with E-state index < -0.39 is 6.10 Å². The Morgan fingerprint density at radius 3 is 0.658 bits per heavy atom. The molecule has 6 nitrogen and oxygen atoms in total. The lowest BCUT2D eigenvalue weighted by atomic mass is 10.0. The number of ether oxygens (including phenoxy) is 3. The average Bonchev–Trinajstić information content (AvgIpc) is 3.42. The third-order valence-electron chi connectivity index (χ3n) is 15.7. The summed E-state index contributed by atoms with van der Waals surface area (Å²) in [5.41, 5.74) is 0. The third-order valence-corrected chi connectivity index (χ3v) is 15.7. The predicted molar refractivity (Wildman–Crippen MR) is 330 cm³/mol. The molecule has 0 saturated heterocycles. The summed E-state index contributed by atoms with van der Waals surface area (Å²) >= 11 is 0. The molecule has 76 heavy (non-hydrogen) atoms. The molecular weight excluding hydrogens is 937 g/mol. The van der Waals surface area contributed by atoms with E-state index in [2.05, 4.69) is 45.1 Å². The molecule has 0 N–H and O–H groups in total. The van der Waals surface area contributed by atoms with E-state index in [4.69, 9.17) is 14.2 Å². The van der Waals surface area contributed by atoms with Crippen LogP contribution in [-0.2, 0) is 28.6 Å². The van der Waals surface area contributed by atoms with E-state index in [-0.39, 0.29) is 31.1 Å². The van der Waals surface area contributed by atoms with Crippen LogP contribution < -0.4 is 0 Å². The van der Waals surface area contributed by atoms with Crippen LogP contribution in [0.3, 0.4) is 0 Å². The van der Waals surface area contributed by atoms with Crippen LogP contribution in [0.1, 0.15) is 387 Å². The Morgan fingerprint density at radius 1 is 0.250 bits per heavy atom. The second kappa shape index (κ2) is 65.4. The summed E-state index contributed by atoms with van der Waals surface area (Å²) in [6, 6.07) is 0. The van der Waals surface area contributed by atoms with Crippen molar-refractivity contribution in [3.63, 3.8) is 0 Å². The van der Waals surface area contributed by atoms with Gasteiger partial charge in [-0.1, -0.05) is 321 Å². The first-order valence-electron chi connectivity index (χ1n) is 34.3. The van der Waals surface area contributed by atoms with E-state index in [1.807, 2.05) is 0 Å². The fourth-order valence-electron chi connectivity index (χ4n) is 10.5. The van der Waals surface area contributed by atoms with Gasteiger partial charge in [-0.05, 0) is 70.6 Å². The van der Waals surface area contributed by atoms with Crippen molar-refractivity contribution in [3.8, 4) is 0 Å². The SMILES string of the molecule is CCCCCCCC/C=C\CCCCCCCC(=O)OC(COC(=O)CCCCCCCCCCCC)COC(=O)CCCCCCCCCCCCCCCCCCCCCCC/C=C\CCCCCCCCCC. The van der Waals surface area contributed by atoms with Crippen LogP contribution in [0.15, 0.2) is 24.3 Å². The van der Waals surface area contributed by atoms with E-state index in [0.717, 1.165) is 64.2 Å². The van der Waals surface area contributed by atoms with Crippen LogP contribution in [0.4, 0.5) is 0 Å². The van der Waals surface area contributed by atoms with Crippen molar-refractivity contribution in [2.75, 3.05) is 13.2 Å². The van der Waals surface area contributed by atoms with Gasteiger partial charge in [-0.2, -0.15) is 0 Å². The van der Waals surface area contributed by atoms with Crippen molar-refractivity contribution < 1.29 is 28.6 Å². The van der Waals surface area contributed by atoms with Gasteiger partial charge in [0.1, 0.15) is 13.2 Å². The summed E-state index contributed by atoms with van der Waals surface area (Å²) in [7, 11) is 0. The number of allylic oxidation sites excluding steroid dienone is 4. The van der Waals surface area contributed by atoms with E-state index in [1.54, 1.807) is 0 Å². The third kappa shape index (κ3) is 62.7. The summed E-state index contributed by atoms with van der Waals surface area (Å²) < 4.78 is 16.9. The largest absolute Gasteiger partial charge is 0.462 e. The fraction of sp³-hybridized carbons (Fsp3) is 0.900. The number of unbranched alkanes of at least 4 members (excludes halogenated alkanes) is 49. The van der Waals surface area contributed by atoms with Crippen molar-refractivity contribution >= 4 is 17.9 Å². The summed E-state index contributed by atoms with van der Waals surface area (Å²) in [6.07, 6.45) is 79.4. The highest BCUT2D eigenvalue weighted by atomic mass is 16.6. The van der Waals surface area contributed by atoms with Crippen molar-refractivity contribution in [2.45, 2.75) is 393 Å². The first-order valence-corrected chi connectivity index (χ1v) is 34.3. The molecule has 1 atom stereocenters. The molecule has 0 aromatic heterocycles. The first-order chi connectivity index (χ1) is 37.5. The van der Waals surface area contributed by atoms with Crippen LogP contribution in [0.5, 0.6) is 0 Å². The summed E-state index contributed by atoms with van der Waals surface area (Å²) in [5.74, 6) is -0.853. The van der Waals surface area contributed by atoms with Crippen molar-refractivity contribution in [2.24, 2.45) is 0 Å². The minimum absolute atomic E-state index is 0.0686. The van der Waals surface area contributed by atoms with Gasteiger partial charge in [-0.3, -0.25) is 14.4 Å². The zero-order valence-corrected chi connectivity index (χ0v) is 51.6. The lowest BCUT2D eigenvalue weighted by Crippen LogP contribution is -2.30. The molecule has 0 amide bonds. The topological polar surface area (TPSA) is 78.9 Å². The number of hydrogen-bond acceptors (Lipinski definition) is 6. The van der Waals surface area contributed by atoms with Crippen molar-refractivity contribution in [1.29, 1.82) is 0 Å². The average molecular weight is 1070 g/mol. The molecular formula is C70H132O6. The van der Waals surface area contributed by atoms with Crippen LogP contribution >= 0.6 is 0 Å². The minimum atomic E-state index is -0.770. The number of carbonyl (C=O) groups is 3. The highest BCUT2D eigenvalue weighted by Gasteiger charge is 2.19. The normalized spacial score (nSPS) is 12.1. The number of esters is 3. The standard InChI is InChI=1S/C70H132O6/c1-4-7-10-13-16-19-22-24-26-27-28-29-30-31-32-33-34-35-36-37-38-39-40-41-42-43-45-46-48-51-54-57-60-63-69(72)75-66-67(65-74-68(71)62-59-56-53-50-21-18-15-12-9-6-3)76-70(73)64-61-58-55-52-49-47-44-25-23-20-17-14-11-8-5-2/h25,27-28,44,67H,4-24,26,29-43,45-66H2,1-3H3/b28-27-,44-25-. The highest BCUT2D eigenvalue weighted by Crippen LogP contribution is 2.18. The van der Waals surface area contributed by atoms with Gasteiger partial charge in [0, 0.05) is 19.3 Å². The van der Waals surface area contributed by atoms with Gasteiger partial charge >= 0.3 is 17.9 Å². The number of carbonyl (C=O) groups excluding carboxylic acids is 3. The highest BCUT2D eigenvalue weighted by molar-refractivity contribution is 5.71. The Labute approximate surface area is 474 Å². The Kier molecular flexibility index (Phi) is 63.6. The summed E-state index contributed by atoms with van der Waals surface area (Å²) in [6.45, 7) is 6.67. The van der Waals surface area contributed by atoms with E-state index in [0.29, 0.717) is 19.3 Å². The van der Waals surface area contributed by atoms with E-state index >= 15 is 0 Å². The Morgan fingerprint density at radius 2 is 0.434 bits per heavy atom. The molecule has 0 aliphatic rings. The monoisotopic (exact) mass is 1070 g/mol. The molecule has 0 fully saturated rings. The minimum Gasteiger partial charge on any atom is -0.462 e. The van der Waals surface area contributed by atoms with Gasteiger partial charge in [0.25, 0.3) is 0 Å². The fourth-order valence-corrected chi connectivity index (χ4v) is 10.5. The van der Waals surface area contributed by atoms with Crippen LogP contribution in [0.25, 0.3) is 0 Å². The molecule has 0 rings (SSSR count). The quantitative estimate of drug-likeness (QED) is 0.0261. The Bertz CT molecular complexity index is 1230. The van der Waals surface area contributed by atoms with Gasteiger partial charge in [-0.25, -0.2) is 0 Å². The maximum atomic E-state index is 12.9. The lowest BCUT2D eigenvalue weighted by Gasteiger charge is -2.18. The molecule has 0 aromatic carbocycles. The molecule has 0 radical (unpaired) electrons. The number of hydrogen-bond donors (Lipinski definition) is 0. The van der Waals surface area contributed by atoms with Crippen molar-refractivity contribution in [1.82, 2.24) is 0 Å². The second-order valence-corrected chi connectivity index (χ2v) is 23.4. The lowest BCUT2D eigenvalue weighted by molar-refractivity contribution is -0.167. The van der Waals surface area contributed by atoms with E-state index in [9.17, 15) is 14.4 Å². The zero-order chi connectivity index (χ0) is 55.0. The van der Waals surface area contributed by atoms with Gasteiger partial charge in [-0.15, -0.1) is 0 Å². The Balaban J connectivity index is 4.01. The van der Waals surface area contributed by atoms with Crippen LogP contribution in [-0.4, -0.2) is 37.2 Å².